The molecule has 1 N–H and O–H groups in total. The first kappa shape index (κ1) is 14.1. The molecule has 3 aliphatic heterocycles. The van der Waals surface area contributed by atoms with Crippen LogP contribution in [0.2, 0.25) is 0 Å². The molecule has 0 saturated carbocycles. The van der Waals surface area contributed by atoms with E-state index in [0.29, 0.717) is 6.04 Å². The molecule has 0 spiro atoms. The Balaban J connectivity index is 1.50. The summed E-state index contributed by atoms with van der Waals surface area (Å²) in [5.41, 5.74) is 1.47. The number of rotatable bonds is 6. The second kappa shape index (κ2) is 6.70. The minimum Gasteiger partial charge on any atom is -0.315 e. The minimum atomic E-state index is 0.641. The lowest BCUT2D eigenvalue weighted by Crippen LogP contribution is -2.66. The molecule has 3 nitrogen and oxygen atoms in total. The lowest BCUT2D eigenvalue weighted by molar-refractivity contribution is -0.00357. The predicted octanol–water partition coefficient (Wildman–Crippen LogP) is 1.60. The van der Waals surface area contributed by atoms with E-state index in [1.54, 1.807) is 0 Å². The van der Waals surface area contributed by atoms with Crippen LogP contribution < -0.4 is 5.32 Å². The largest absolute Gasteiger partial charge is 0.315 e. The number of nitrogens with zero attached hydrogens (tertiary/aromatic N) is 2. The van der Waals surface area contributed by atoms with Gasteiger partial charge in [0.1, 0.15) is 0 Å². The van der Waals surface area contributed by atoms with Gasteiger partial charge < -0.3 is 5.32 Å². The molecule has 2 bridgehead atoms. The second-order valence-electron chi connectivity index (χ2n) is 6.18. The topological polar surface area (TPSA) is 18.5 Å². The van der Waals surface area contributed by atoms with Crippen LogP contribution in [0.1, 0.15) is 18.4 Å². The molecule has 0 aromatic heterocycles. The smallest absolute Gasteiger partial charge is 0.0377 e. The lowest BCUT2D eigenvalue weighted by atomic mass is 9.95. The maximum absolute atomic E-state index is 3.57. The molecular weight excluding hydrogens is 246 g/mol. The maximum atomic E-state index is 3.57. The van der Waals surface area contributed by atoms with Gasteiger partial charge in [0, 0.05) is 44.8 Å². The molecule has 3 fully saturated rings. The van der Waals surface area contributed by atoms with Gasteiger partial charge >= 0.3 is 0 Å². The summed E-state index contributed by atoms with van der Waals surface area (Å²) in [4.78, 5) is 5.33. The fourth-order valence-electron chi connectivity index (χ4n) is 3.74. The SMILES string of the molecule is CNC(CCCc1ccccc1)C1CN2CCN1CC2. The summed E-state index contributed by atoms with van der Waals surface area (Å²) in [6.45, 7) is 6.34. The van der Waals surface area contributed by atoms with Crippen LogP contribution in [-0.4, -0.2) is 61.7 Å². The number of likely N-dealkylation sites (N-methyl/N-ethyl adjacent to an activating group) is 1. The lowest BCUT2D eigenvalue weighted by Gasteiger charge is -2.50. The van der Waals surface area contributed by atoms with Gasteiger partial charge in [-0.3, -0.25) is 9.80 Å². The summed E-state index contributed by atoms with van der Waals surface area (Å²) in [7, 11) is 2.13. The molecule has 0 radical (unpaired) electrons. The minimum absolute atomic E-state index is 0.641. The third kappa shape index (κ3) is 3.22. The zero-order valence-corrected chi connectivity index (χ0v) is 12.6. The normalized spacial score (nSPS) is 30.4. The van der Waals surface area contributed by atoms with E-state index in [4.69, 9.17) is 0 Å². The summed E-state index contributed by atoms with van der Waals surface area (Å²) in [6.07, 6.45) is 3.76. The Kier molecular flexibility index (Phi) is 4.71. The molecule has 110 valence electrons. The van der Waals surface area contributed by atoms with Gasteiger partial charge in [-0.1, -0.05) is 30.3 Å². The molecule has 1 aromatic carbocycles. The van der Waals surface area contributed by atoms with E-state index in [1.165, 1.54) is 57.5 Å². The van der Waals surface area contributed by atoms with E-state index in [1.807, 2.05) is 0 Å². The molecule has 3 saturated heterocycles. The van der Waals surface area contributed by atoms with Crippen molar-refractivity contribution < 1.29 is 0 Å². The molecule has 4 rings (SSSR count). The van der Waals surface area contributed by atoms with Crippen LogP contribution in [0.15, 0.2) is 30.3 Å². The van der Waals surface area contributed by atoms with Gasteiger partial charge in [0.15, 0.2) is 0 Å². The Morgan fingerprint density at radius 1 is 1.15 bits per heavy atom. The van der Waals surface area contributed by atoms with Gasteiger partial charge in [0.05, 0.1) is 0 Å². The van der Waals surface area contributed by atoms with Crippen molar-refractivity contribution >= 4 is 0 Å². The number of nitrogens with one attached hydrogen (secondary N) is 1. The Morgan fingerprint density at radius 3 is 2.50 bits per heavy atom. The highest BCUT2D eigenvalue weighted by molar-refractivity contribution is 5.14. The van der Waals surface area contributed by atoms with Crippen molar-refractivity contribution in [2.24, 2.45) is 0 Å². The Morgan fingerprint density at radius 2 is 1.90 bits per heavy atom. The van der Waals surface area contributed by atoms with E-state index in [2.05, 4.69) is 52.5 Å². The fourth-order valence-corrected chi connectivity index (χ4v) is 3.74. The van der Waals surface area contributed by atoms with Gasteiger partial charge in [0.2, 0.25) is 0 Å². The summed E-state index contributed by atoms with van der Waals surface area (Å²) in [5, 5.41) is 3.57. The van der Waals surface area contributed by atoms with E-state index < -0.39 is 0 Å². The molecule has 20 heavy (non-hydrogen) atoms. The van der Waals surface area contributed by atoms with Crippen molar-refractivity contribution in [1.82, 2.24) is 15.1 Å². The van der Waals surface area contributed by atoms with E-state index >= 15 is 0 Å². The fraction of sp³-hybridized carbons (Fsp3) is 0.647. The summed E-state index contributed by atoms with van der Waals surface area (Å²) in [5.74, 6) is 0. The van der Waals surface area contributed by atoms with E-state index in [-0.39, 0.29) is 0 Å². The molecule has 3 aliphatic rings. The highest BCUT2D eigenvalue weighted by atomic mass is 15.4. The van der Waals surface area contributed by atoms with Gasteiger partial charge in [0.25, 0.3) is 0 Å². The maximum Gasteiger partial charge on any atom is 0.0377 e. The van der Waals surface area contributed by atoms with Crippen LogP contribution in [0, 0.1) is 0 Å². The molecule has 3 heteroatoms. The zero-order chi connectivity index (χ0) is 13.8. The second-order valence-corrected chi connectivity index (χ2v) is 6.18. The van der Waals surface area contributed by atoms with Crippen LogP contribution in [0.4, 0.5) is 0 Å². The van der Waals surface area contributed by atoms with Crippen molar-refractivity contribution in [1.29, 1.82) is 0 Å². The van der Waals surface area contributed by atoms with Gasteiger partial charge in [-0.2, -0.15) is 0 Å². The molecule has 1 aromatic rings. The third-order valence-corrected chi connectivity index (χ3v) is 4.98. The first-order chi connectivity index (χ1) is 9.86. The first-order valence-corrected chi connectivity index (χ1v) is 8.04. The summed E-state index contributed by atoms with van der Waals surface area (Å²) < 4.78 is 0. The van der Waals surface area contributed by atoms with Crippen molar-refractivity contribution in [2.75, 3.05) is 39.8 Å². The average molecular weight is 273 g/mol. The molecule has 2 atom stereocenters. The van der Waals surface area contributed by atoms with Gasteiger partial charge in [-0.15, -0.1) is 0 Å². The van der Waals surface area contributed by atoms with Crippen molar-refractivity contribution in [3.8, 4) is 0 Å². The molecule has 0 aliphatic carbocycles. The van der Waals surface area contributed by atoms with Gasteiger partial charge in [-0.05, 0) is 31.9 Å². The number of benzene rings is 1. The number of fused-ring (bicyclic) bond motifs is 3. The standard InChI is InChI=1S/C17H27N3/c1-18-16(9-5-8-15-6-3-2-4-7-15)17-14-19-10-12-20(17)13-11-19/h2-4,6-7,16-18H,5,8-14H2,1H3. The van der Waals surface area contributed by atoms with Crippen molar-refractivity contribution in [3.63, 3.8) is 0 Å². The van der Waals surface area contributed by atoms with Crippen LogP contribution in [0.3, 0.4) is 0 Å². The molecule has 3 heterocycles. The van der Waals surface area contributed by atoms with Crippen molar-refractivity contribution in [2.45, 2.75) is 31.3 Å². The zero-order valence-electron chi connectivity index (χ0n) is 12.6. The quantitative estimate of drug-likeness (QED) is 0.849. The van der Waals surface area contributed by atoms with Crippen LogP contribution in [0.25, 0.3) is 0 Å². The molecule has 2 unspecified atom stereocenters. The Labute approximate surface area is 123 Å². The number of hydrogen-bond acceptors (Lipinski definition) is 3. The monoisotopic (exact) mass is 273 g/mol. The predicted molar refractivity (Wildman–Crippen MR) is 84.0 cm³/mol. The average Bonchev–Trinajstić information content (AvgIpc) is 2.54. The highest BCUT2D eigenvalue weighted by Gasteiger charge is 2.35. The number of aryl methyl sites for hydroxylation is 1. The Bertz CT molecular complexity index is 398. The van der Waals surface area contributed by atoms with Crippen molar-refractivity contribution in [3.05, 3.63) is 35.9 Å². The van der Waals surface area contributed by atoms with E-state index in [0.717, 1.165) is 6.04 Å². The first-order valence-electron chi connectivity index (χ1n) is 8.04. The molecule has 0 amide bonds. The van der Waals surface area contributed by atoms with Crippen LogP contribution in [-0.2, 0) is 6.42 Å². The highest BCUT2D eigenvalue weighted by Crippen LogP contribution is 2.21. The number of hydrogen-bond donors (Lipinski definition) is 1. The van der Waals surface area contributed by atoms with Crippen LogP contribution in [0.5, 0.6) is 0 Å². The third-order valence-electron chi connectivity index (χ3n) is 4.98. The summed E-state index contributed by atoms with van der Waals surface area (Å²) in [6, 6.07) is 12.2. The van der Waals surface area contributed by atoms with Gasteiger partial charge in [-0.25, -0.2) is 0 Å². The van der Waals surface area contributed by atoms with Crippen LogP contribution >= 0.6 is 0 Å². The Hall–Kier alpha value is -0.900. The number of piperazine rings is 3. The van der Waals surface area contributed by atoms with E-state index in [9.17, 15) is 0 Å². The summed E-state index contributed by atoms with van der Waals surface area (Å²) >= 11 is 0. The molecular formula is C17H27N3.